The lowest BCUT2D eigenvalue weighted by molar-refractivity contribution is 0.655. The zero-order chi connectivity index (χ0) is 34.2. The van der Waals surface area contributed by atoms with Crippen LogP contribution >= 0.6 is 0 Å². The topological polar surface area (TPSA) is 68.4 Å². The molecule has 5 aromatic heterocycles. The van der Waals surface area contributed by atoms with Gasteiger partial charge in [0.2, 0.25) is 5.71 Å². The Morgan fingerprint density at radius 1 is 0.404 bits per heavy atom. The van der Waals surface area contributed by atoms with Gasteiger partial charge in [-0.2, -0.15) is 0 Å². The molecule has 5 heterocycles. The number of para-hydroxylation sites is 3. The van der Waals surface area contributed by atoms with Crippen molar-refractivity contribution in [2.75, 3.05) is 4.90 Å². The predicted octanol–water partition coefficient (Wildman–Crippen LogP) is 13.0. The molecule has 0 aliphatic heterocycles. The highest BCUT2D eigenvalue weighted by molar-refractivity contribution is 6.10. The molecule has 11 aromatic rings. The maximum absolute atomic E-state index is 6.34. The fourth-order valence-corrected chi connectivity index (χ4v) is 7.59. The summed E-state index contributed by atoms with van der Waals surface area (Å²) in [4.78, 5) is 11.3. The van der Waals surface area contributed by atoms with Gasteiger partial charge in [-0.1, -0.05) is 78.9 Å². The van der Waals surface area contributed by atoms with Gasteiger partial charge >= 0.3 is 0 Å². The molecule has 244 valence electrons. The van der Waals surface area contributed by atoms with Crippen LogP contribution in [0.4, 0.5) is 17.1 Å². The summed E-state index contributed by atoms with van der Waals surface area (Å²) in [5, 5.41) is 6.33. The summed E-state index contributed by atoms with van der Waals surface area (Å²) in [7, 11) is 0. The van der Waals surface area contributed by atoms with E-state index in [0.29, 0.717) is 5.71 Å². The summed E-state index contributed by atoms with van der Waals surface area (Å²) >= 11 is 0. The van der Waals surface area contributed by atoms with Crippen LogP contribution in [0.1, 0.15) is 0 Å². The molecule has 0 fully saturated rings. The lowest BCUT2D eigenvalue weighted by Gasteiger charge is -2.26. The summed E-state index contributed by atoms with van der Waals surface area (Å²) in [6, 6.07) is 50.1. The quantitative estimate of drug-likeness (QED) is 0.182. The molecule has 6 nitrogen and oxygen atoms in total. The van der Waals surface area contributed by atoms with Gasteiger partial charge in [-0.3, -0.25) is 4.98 Å². The van der Waals surface area contributed by atoms with Crippen LogP contribution in [0.3, 0.4) is 0 Å². The third-order valence-electron chi connectivity index (χ3n) is 10.1. The molecule has 0 radical (unpaired) electrons. The maximum Gasteiger partial charge on any atom is 0.227 e. The summed E-state index contributed by atoms with van der Waals surface area (Å²) in [5.41, 5.74) is 11.9. The summed E-state index contributed by atoms with van der Waals surface area (Å²) in [6.45, 7) is 0. The van der Waals surface area contributed by atoms with E-state index in [2.05, 4.69) is 118 Å². The Morgan fingerprint density at radius 3 is 1.81 bits per heavy atom. The first kappa shape index (κ1) is 28.6. The molecule has 0 atom stereocenters. The van der Waals surface area contributed by atoms with E-state index in [-0.39, 0.29) is 0 Å². The summed E-state index contributed by atoms with van der Waals surface area (Å²) < 4.78 is 19.0. The second-order valence-corrected chi connectivity index (χ2v) is 13.0. The van der Waals surface area contributed by atoms with Gasteiger partial charge in [0.15, 0.2) is 0 Å². The fourth-order valence-electron chi connectivity index (χ4n) is 7.59. The average molecular weight is 670 g/mol. The Morgan fingerprint density at radius 2 is 1.02 bits per heavy atom. The van der Waals surface area contributed by atoms with Crippen molar-refractivity contribution < 1.29 is 13.3 Å². The largest absolute Gasteiger partial charge is 0.456 e. The van der Waals surface area contributed by atoms with Gasteiger partial charge in [-0.15, -0.1) is 0 Å². The number of furan rings is 3. The molecule has 6 heteroatoms. The monoisotopic (exact) mass is 669 g/mol. The first-order chi connectivity index (χ1) is 25.8. The van der Waals surface area contributed by atoms with Gasteiger partial charge in [0.25, 0.3) is 0 Å². The number of benzene rings is 6. The molecule has 0 N–H and O–H groups in total. The van der Waals surface area contributed by atoms with Crippen molar-refractivity contribution in [3.63, 3.8) is 0 Å². The number of fused-ring (bicyclic) bond motifs is 9. The smallest absolute Gasteiger partial charge is 0.227 e. The third-order valence-corrected chi connectivity index (χ3v) is 10.1. The highest BCUT2D eigenvalue weighted by atomic mass is 16.3. The third kappa shape index (κ3) is 4.38. The molecular formula is C46H27N3O3. The predicted molar refractivity (Wildman–Crippen MR) is 209 cm³/mol. The molecular weight excluding hydrogens is 643 g/mol. The van der Waals surface area contributed by atoms with Gasteiger partial charge in [0.1, 0.15) is 27.9 Å². The standard InChI is InChI=1S/C46H27N3O3/c1-3-12-41-34(7-1)36-23-22-32(25-43(36)50-41)49(30-18-14-28(15-19-30)33-9-5-10-37-38-11-6-24-48-46(38)52-44(33)37)31-20-16-29(17-21-31)39-26-47-27-40-35-8-2-4-13-42(35)51-45(39)40/h1-27H. The Bertz CT molecular complexity index is 2980. The van der Waals surface area contributed by atoms with E-state index in [0.717, 1.165) is 99.5 Å². The molecule has 0 unspecified atom stereocenters. The van der Waals surface area contributed by atoms with Crippen molar-refractivity contribution in [1.29, 1.82) is 0 Å². The van der Waals surface area contributed by atoms with Crippen LogP contribution in [0.25, 0.3) is 88.2 Å². The van der Waals surface area contributed by atoms with Crippen LogP contribution < -0.4 is 4.90 Å². The molecule has 0 saturated carbocycles. The number of pyridine rings is 2. The number of anilines is 3. The second-order valence-electron chi connectivity index (χ2n) is 13.0. The minimum atomic E-state index is 0.643. The lowest BCUT2D eigenvalue weighted by Crippen LogP contribution is -2.09. The Hall–Kier alpha value is -7.18. The van der Waals surface area contributed by atoms with Crippen LogP contribution in [0.15, 0.2) is 177 Å². The minimum absolute atomic E-state index is 0.643. The minimum Gasteiger partial charge on any atom is -0.456 e. The fraction of sp³-hybridized carbons (Fsp3) is 0. The Kier molecular flexibility index (Phi) is 6.15. The van der Waals surface area contributed by atoms with Crippen LogP contribution in [0.2, 0.25) is 0 Å². The number of hydrogen-bond donors (Lipinski definition) is 0. The summed E-state index contributed by atoms with van der Waals surface area (Å²) in [6.07, 6.45) is 5.52. The maximum atomic E-state index is 6.34. The molecule has 0 aliphatic rings. The average Bonchev–Trinajstić information content (AvgIpc) is 3.90. The van der Waals surface area contributed by atoms with E-state index in [1.165, 1.54) is 0 Å². The Balaban J connectivity index is 1.03. The molecule has 0 saturated heterocycles. The molecule has 0 bridgehead atoms. The van der Waals surface area contributed by atoms with E-state index in [1.807, 2.05) is 54.9 Å². The van der Waals surface area contributed by atoms with Gasteiger partial charge in [0, 0.05) is 85.2 Å². The number of aromatic nitrogens is 2. The molecule has 0 aliphatic carbocycles. The van der Waals surface area contributed by atoms with Gasteiger partial charge in [0.05, 0.1) is 0 Å². The van der Waals surface area contributed by atoms with E-state index >= 15 is 0 Å². The van der Waals surface area contributed by atoms with Crippen molar-refractivity contribution in [2.45, 2.75) is 0 Å². The second kappa shape index (κ2) is 11.2. The lowest BCUT2D eigenvalue weighted by atomic mass is 10.0. The summed E-state index contributed by atoms with van der Waals surface area (Å²) in [5.74, 6) is 0. The number of hydrogen-bond acceptors (Lipinski definition) is 6. The molecule has 0 amide bonds. The SMILES string of the molecule is c1ccc2c(c1)oc1cc(N(c3ccc(-c4cncc5c4oc4ccccc45)cc3)c3ccc(-c4cccc5c4oc4ncccc45)cc3)ccc12. The van der Waals surface area contributed by atoms with Crippen molar-refractivity contribution in [3.8, 4) is 22.3 Å². The van der Waals surface area contributed by atoms with E-state index in [4.69, 9.17) is 13.3 Å². The van der Waals surface area contributed by atoms with Gasteiger partial charge < -0.3 is 18.2 Å². The van der Waals surface area contributed by atoms with Crippen LogP contribution in [-0.4, -0.2) is 9.97 Å². The first-order valence-electron chi connectivity index (χ1n) is 17.2. The molecule has 11 rings (SSSR count). The van der Waals surface area contributed by atoms with Crippen LogP contribution in [-0.2, 0) is 0 Å². The first-order valence-corrected chi connectivity index (χ1v) is 17.2. The normalized spacial score (nSPS) is 11.8. The zero-order valence-electron chi connectivity index (χ0n) is 27.7. The van der Waals surface area contributed by atoms with Crippen molar-refractivity contribution in [1.82, 2.24) is 9.97 Å². The van der Waals surface area contributed by atoms with Crippen molar-refractivity contribution in [2.24, 2.45) is 0 Å². The van der Waals surface area contributed by atoms with Crippen LogP contribution in [0.5, 0.6) is 0 Å². The highest BCUT2D eigenvalue weighted by Crippen LogP contribution is 2.42. The van der Waals surface area contributed by atoms with Gasteiger partial charge in [-0.25, -0.2) is 4.98 Å². The number of rotatable bonds is 5. The molecule has 6 aromatic carbocycles. The van der Waals surface area contributed by atoms with Crippen molar-refractivity contribution >= 4 is 83.0 Å². The highest BCUT2D eigenvalue weighted by Gasteiger charge is 2.19. The van der Waals surface area contributed by atoms with E-state index in [1.54, 1.807) is 6.20 Å². The Labute approximate surface area is 296 Å². The number of nitrogens with zero attached hydrogens (tertiary/aromatic N) is 3. The van der Waals surface area contributed by atoms with Crippen LogP contribution in [0, 0.1) is 0 Å². The van der Waals surface area contributed by atoms with E-state index < -0.39 is 0 Å². The molecule has 0 spiro atoms. The van der Waals surface area contributed by atoms with Gasteiger partial charge in [-0.05, 0) is 71.8 Å². The van der Waals surface area contributed by atoms with Crippen molar-refractivity contribution in [3.05, 3.63) is 164 Å². The van der Waals surface area contributed by atoms with E-state index in [9.17, 15) is 0 Å². The molecule has 52 heavy (non-hydrogen) atoms. The zero-order valence-corrected chi connectivity index (χ0v) is 27.7.